The van der Waals surface area contributed by atoms with Crippen LogP contribution in [0.2, 0.25) is 0 Å². The number of methoxy groups -OCH3 is 1. The average molecular weight is 377 g/mol. The van der Waals surface area contributed by atoms with E-state index in [0.717, 1.165) is 6.42 Å². The molecule has 1 aromatic rings. The first-order valence-electron chi connectivity index (χ1n) is 6.43. The fourth-order valence-electron chi connectivity index (χ4n) is 2.40. The van der Waals surface area contributed by atoms with Crippen molar-refractivity contribution in [3.63, 3.8) is 0 Å². The molecule has 0 aromatic heterocycles. The third-order valence-corrected chi connectivity index (χ3v) is 4.98. The Labute approximate surface area is 132 Å². The number of halogens is 1. The first-order chi connectivity index (χ1) is 9.74. The Morgan fingerprint density at radius 3 is 2.62 bits per heavy atom. The van der Waals surface area contributed by atoms with E-state index in [0.29, 0.717) is 23.5 Å². The second-order valence-electron chi connectivity index (χ2n) is 5.18. The number of nitrogens with two attached hydrogens (primary N) is 1. The first-order valence-corrected chi connectivity index (χ1v) is 8.77. The van der Waals surface area contributed by atoms with E-state index in [4.69, 9.17) is 9.88 Å². The molecule has 21 heavy (non-hydrogen) atoms. The maximum absolute atomic E-state index is 12.5. The Balaban J connectivity index is 2.46. The van der Waals surface area contributed by atoms with Crippen LogP contribution in [0.4, 0.5) is 0 Å². The summed E-state index contributed by atoms with van der Waals surface area (Å²) in [4.78, 5) is 14.0. The number of hydrogen-bond donors (Lipinski definition) is 1. The summed E-state index contributed by atoms with van der Waals surface area (Å²) in [6, 6.07) is 2.82. The van der Waals surface area contributed by atoms with Gasteiger partial charge in [-0.15, -0.1) is 0 Å². The minimum Gasteiger partial charge on any atom is -0.494 e. The van der Waals surface area contributed by atoms with Crippen LogP contribution < -0.4 is 9.88 Å². The third kappa shape index (κ3) is 3.38. The maximum Gasteiger partial charge on any atom is 0.253 e. The summed E-state index contributed by atoms with van der Waals surface area (Å²) in [5.74, 6) is 0.352. The lowest BCUT2D eigenvalue weighted by Crippen LogP contribution is -2.28. The molecule has 0 radical (unpaired) electrons. The highest BCUT2D eigenvalue weighted by atomic mass is 79.9. The molecule has 0 bridgehead atoms. The quantitative estimate of drug-likeness (QED) is 0.866. The fraction of sp³-hybridized carbons (Fsp3) is 0.462. The van der Waals surface area contributed by atoms with E-state index < -0.39 is 10.0 Å². The van der Waals surface area contributed by atoms with E-state index in [1.807, 2.05) is 0 Å². The predicted molar refractivity (Wildman–Crippen MR) is 81.8 cm³/mol. The molecule has 1 heterocycles. The van der Waals surface area contributed by atoms with Crippen LogP contribution in [0.15, 0.2) is 21.5 Å². The van der Waals surface area contributed by atoms with E-state index >= 15 is 0 Å². The molecule has 1 atom stereocenters. The standard InChI is InChI=1S/C13H17BrN2O4S/c1-8-3-4-16(7-8)13(17)9-5-10(14)12(20-2)11(6-9)21(15,18)19/h5-6,8H,3-4,7H2,1-2H3,(H2,15,18,19). The molecule has 1 unspecified atom stereocenters. The number of carbonyl (C=O) groups excluding carboxylic acids is 1. The van der Waals surface area contributed by atoms with Crippen molar-refractivity contribution in [1.82, 2.24) is 4.90 Å². The highest BCUT2D eigenvalue weighted by Crippen LogP contribution is 2.34. The lowest BCUT2D eigenvalue weighted by Gasteiger charge is -2.17. The van der Waals surface area contributed by atoms with Gasteiger partial charge in [-0.2, -0.15) is 0 Å². The SMILES string of the molecule is COc1c(Br)cc(C(=O)N2CCC(C)C2)cc1S(N)(=O)=O. The summed E-state index contributed by atoms with van der Waals surface area (Å²) in [7, 11) is -2.64. The van der Waals surface area contributed by atoms with Gasteiger partial charge in [0.25, 0.3) is 5.91 Å². The van der Waals surface area contributed by atoms with Crippen molar-refractivity contribution in [1.29, 1.82) is 0 Å². The van der Waals surface area contributed by atoms with Crippen molar-refractivity contribution in [2.45, 2.75) is 18.2 Å². The summed E-state index contributed by atoms with van der Waals surface area (Å²) in [6.07, 6.45) is 0.950. The van der Waals surface area contributed by atoms with E-state index in [2.05, 4.69) is 22.9 Å². The van der Waals surface area contributed by atoms with Gasteiger partial charge in [0.2, 0.25) is 10.0 Å². The number of ether oxygens (including phenoxy) is 1. The predicted octanol–water partition coefficient (Wildman–Crippen LogP) is 1.59. The summed E-state index contributed by atoms with van der Waals surface area (Å²) in [5, 5.41) is 5.19. The second kappa shape index (κ2) is 5.94. The zero-order valence-electron chi connectivity index (χ0n) is 11.8. The second-order valence-corrected chi connectivity index (χ2v) is 7.56. The largest absolute Gasteiger partial charge is 0.494 e. The molecule has 1 saturated heterocycles. The van der Waals surface area contributed by atoms with E-state index in [1.165, 1.54) is 13.2 Å². The van der Waals surface area contributed by atoms with Crippen LogP contribution in [0.5, 0.6) is 5.75 Å². The van der Waals surface area contributed by atoms with Crippen LogP contribution in [0.25, 0.3) is 0 Å². The molecule has 1 aromatic carbocycles. The van der Waals surface area contributed by atoms with E-state index in [-0.39, 0.29) is 22.1 Å². The zero-order valence-corrected chi connectivity index (χ0v) is 14.2. The van der Waals surface area contributed by atoms with Crippen molar-refractivity contribution in [3.05, 3.63) is 22.2 Å². The third-order valence-electron chi connectivity index (χ3n) is 3.48. The average Bonchev–Trinajstić information content (AvgIpc) is 2.82. The van der Waals surface area contributed by atoms with Gasteiger partial charge in [-0.1, -0.05) is 6.92 Å². The molecule has 2 rings (SSSR count). The number of rotatable bonds is 3. The molecular weight excluding hydrogens is 360 g/mol. The molecule has 0 spiro atoms. The van der Waals surface area contributed by atoms with Gasteiger partial charge >= 0.3 is 0 Å². The normalized spacial score (nSPS) is 18.9. The van der Waals surface area contributed by atoms with Crippen LogP contribution >= 0.6 is 15.9 Å². The fourth-order valence-corrected chi connectivity index (χ4v) is 3.90. The molecule has 1 aliphatic rings. The first kappa shape index (κ1) is 16.3. The van der Waals surface area contributed by atoms with Crippen molar-refractivity contribution < 1.29 is 17.9 Å². The Morgan fingerprint density at radius 2 is 2.14 bits per heavy atom. The van der Waals surface area contributed by atoms with Crippen LogP contribution in [-0.2, 0) is 10.0 Å². The molecule has 8 heteroatoms. The van der Waals surface area contributed by atoms with Crippen molar-refractivity contribution in [2.75, 3.05) is 20.2 Å². The monoisotopic (exact) mass is 376 g/mol. The number of amides is 1. The van der Waals surface area contributed by atoms with Gasteiger partial charge in [0.05, 0.1) is 11.6 Å². The van der Waals surface area contributed by atoms with Gasteiger partial charge in [0.1, 0.15) is 4.90 Å². The number of primary sulfonamides is 1. The summed E-state index contributed by atoms with van der Waals surface area (Å²) >= 11 is 3.22. The van der Waals surface area contributed by atoms with Gasteiger partial charge in [0, 0.05) is 18.7 Å². The van der Waals surface area contributed by atoms with Crippen LogP contribution in [0.3, 0.4) is 0 Å². The highest BCUT2D eigenvalue weighted by Gasteiger charge is 2.27. The Bertz CT molecular complexity index is 675. The molecular formula is C13H17BrN2O4S. The van der Waals surface area contributed by atoms with Crippen molar-refractivity contribution in [3.8, 4) is 5.75 Å². The van der Waals surface area contributed by atoms with Gasteiger partial charge < -0.3 is 9.64 Å². The molecule has 2 N–H and O–H groups in total. The molecule has 116 valence electrons. The lowest BCUT2D eigenvalue weighted by atomic mass is 10.1. The van der Waals surface area contributed by atoms with Crippen LogP contribution in [-0.4, -0.2) is 39.4 Å². The Morgan fingerprint density at radius 1 is 1.48 bits per heavy atom. The Kier molecular flexibility index (Phi) is 4.60. The number of likely N-dealkylation sites (tertiary alicyclic amines) is 1. The number of hydrogen-bond acceptors (Lipinski definition) is 4. The molecule has 1 fully saturated rings. The van der Waals surface area contributed by atoms with Gasteiger partial charge in [-0.25, -0.2) is 13.6 Å². The minimum atomic E-state index is -3.98. The lowest BCUT2D eigenvalue weighted by molar-refractivity contribution is 0.0787. The smallest absolute Gasteiger partial charge is 0.253 e. The van der Waals surface area contributed by atoms with Crippen LogP contribution in [0.1, 0.15) is 23.7 Å². The molecule has 0 aliphatic carbocycles. The number of sulfonamides is 1. The van der Waals surface area contributed by atoms with Gasteiger partial charge in [0.15, 0.2) is 5.75 Å². The number of benzene rings is 1. The topological polar surface area (TPSA) is 89.7 Å². The highest BCUT2D eigenvalue weighted by molar-refractivity contribution is 9.10. The van der Waals surface area contributed by atoms with E-state index in [9.17, 15) is 13.2 Å². The molecule has 6 nitrogen and oxygen atoms in total. The molecule has 1 aliphatic heterocycles. The molecule has 0 saturated carbocycles. The minimum absolute atomic E-state index is 0.101. The summed E-state index contributed by atoms with van der Waals surface area (Å²) < 4.78 is 28.8. The summed E-state index contributed by atoms with van der Waals surface area (Å²) in [5.41, 5.74) is 0.279. The maximum atomic E-state index is 12.5. The Hall–Kier alpha value is -1.12. The van der Waals surface area contributed by atoms with Gasteiger partial charge in [-0.05, 0) is 40.4 Å². The molecule has 1 amide bonds. The van der Waals surface area contributed by atoms with Crippen LogP contribution in [0, 0.1) is 5.92 Å². The van der Waals surface area contributed by atoms with Crippen molar-refractivity contribution in [2.24, 2.45) is 11.1 Å². The number of nitrogens with zero attached hydrogens (tertiary/aromatic N) is 1. The van der Waals surface area contributed by atoms with E-state index in [1.54, 1.807) is 11.0 Å². The zero-order chi connectivity index (χ0) is 15.8. The van der Waals surface area contributed by atoms with Crippen molar-refractivity contribution >= 4 is 31.9 Å². The number of carbonyl (C=O) groups is 1. The van der Waals surface area contributed by atoms with Gasteiger partial charge in [-0.3, -0.25) is 4.79 Å². The summed E-state index contributed by atoms with van der Waals surface area (Å²) in [6.45, 7) is 3.43.